The number of carbonyl (C=O) groups is 1. The molecule has 5 heterocycles. The van der Waals surface area contributed by atoms with Gasteiger partial charge in [-0.25, -0.2) is 0 Å². The Morgan fingerprint density at radius 1 is 1.02 bits per heavy atom. The molecule has 47 heavy (non-hydrogen) atoms. The van der Waals surface area contributed by atoms with E-state index in [4.69, 9.17) is 14.7 Å². The summed E-state index contributed by atoms with van der Waals surface area (Å²) in [7, 11) is 2.16. The van der Waals surface area contributed by atoms with E-state index in [2.05, 4.69) is 89.9 Å². The summed E-state index contributed by atoms with van der Waals surface area (Å²) in [5.74, 6) is 1.07. The molecular weight excluding hydrogens is 588 g/mol. The molecule has 10 heteroatoms. The first-order chi connectivity index (χ1) is 22.8. The maximum atomic E-state index is 13.5. The van der Waals surface area contributed by atoms with Crippen molar-refractivity contribution in [3.05, 3.63) is 53.2 Å². The Labute approximate surface area is 278 Å². The average molecular weight is 637 g/mol. The molecule has 7 rings (SSSR count). The number of likely N-dealkylation sites (N-methyl/N-ethyl adjacent to an activating group) is 1. The number of hydrogen-bond acceptors (Lipinski definition) is 9. The first-order valence-electron chi connectivity index (χ1n) is 17.4. The smallest absolute Gasteiger partial charge is 0.318 e. The molecule has 1 amide bonds. The van der Waals surface area contributed by atoms with E-state index in [9.17, 15) is 10.1 Å². The topological polar surface area (TPSA) is 91.8 Å². The highest BCUT2D eigenvalue weighted by Gasteiger charge is 2.41. The maximum Gasteiger partial charge on any atom is 0.318 e. The van der Waals surface area contributed by atoms with Crippen LogP contribution in [0, 0.1) is 18.3 Å². The lowest BCUT2D eigenvalue weighted by atomic mass is 9.99. The van der Waals surface area contributed by atoms with Crippen molar-refractivity contribution in [2.45, 2.75) is 83.6 Å². The zero-order chi connectivity index (χ0) is 32.7. The SMILES string of the molecule is Cc1cccc2cccc(N3CCc4c(nc(OC[C@@H]5CCCN5C)nc4N4CCN(C(=O)C[C@H]5CN5C(C)C)[C@@H](CC#N)C4)C3)c12. The van der Waals surface area contributed by atoms with Gasteiger partial charge in [0.1, 0.15) is 12.4 Å². The third kappa shape index (κ3) is 6.48. The van der Waals surface area contributed by atoms with Crippen LogP contribution in [0.25, 0.3) is 10.8 Å². The molecule has 3 fully saturated rings. The van der Waals surface area contributed by atoms with Gasteiger partial charge in [-0.3, -0.25) is 9.69 Å². The fourth-order valence-electron chi connectivity index (χ4n) is 8.04. The Morgan fingerprint density at radius 3 is 2.60 bits per heavy atom. The minimum absolute atomic E-state index is 0.161. The molecule has 1 unspecified atom stereocenters. The summed E-state index contributed by atoms with van der Waals surface area (Å²) in [6, 6.07) is 16.8. The number of benzene rings is 2. The van der Waals surface area contributed by atoms with E-state index in [1.54, 1.807) is 0 Å². The van der Waals surface area contributed by atoms with Gasteiger partial charge in [-0.05, 0) is 70.6 Å². The van der Waals surface area contributed by atoms with E-state index >= 15 is 0 Å². The number of anilines is 2. The van der Waals surface area contributed by atoms with Crippen molar-refractivity contribution in [2.24, 2.45) is 0 Å². The first-order valence-corrected chi connectivity index (χ1v) is 17.4. The van der Waals surface area contributed by atoms with Crippen LogP contribution < -0.4 is 14.5 Å². The van der Waals surface area contributed by atoms with Crippen LogP contribution in [0.5, 0.6) is 6.01 Å². The van der Waals surface area contributed by atoms with Gasteiger partial charge < -0.3 is 24.3 Å². The lowest BCUT2D eigenvalue weighted by Crippen LogP contribution is -2.56. The van der Waals surface area contributed by atoms with Crippen molar-refractivity contribution in [1.29, 1.82) is 5.26 Å². The van der Waals surface area contributed by atoms with Crippen molar-refractivity contribution in [2.75, 3.05) is 62.7 Å². The van der Waals surface area contributed by atoms with Crippen molar-refractivity contribution in [3.8, 4) is 12.1 Å². The largest absolute Gasteiger partial charge is 0.462 e. The summed E-state index contributed by atoms with van der Waals surface area (Å²) >= 11 is 0. The molecule has 0 aliphatic carbocycles. The second-order valence-corrected chi connectivity index (χ2v) is 14.2. The molecule has 0 N–H and O–H groups in total. The number of aryl methyl sites for hydroxylation is 1. The number of hydrogen-bond donors (Lipinski definition) is 0. The minimum Gasteiger partial charge on any atom is -0.462 e. The molecule has 1 aromatic heterocycles. The maximum absolute atomic E-state index is 13.5. The Hall–Kier alpha value is -3.94. The molecule has 4 atom stereocenters. The van der Waals surface area contributed by atoms with Gasteiger partial charge >= 0.3 is 6.01 Å². The number of nitrogens with zero attached hydrogens (tertiary/aromatic N) is 8. The Morgan fingerprint density at radius 2 is 1.85 bits per heavy atom. The van der Waals surface area contributed by atoms with Crippen molar-refractivity contribution in [1.82, 2.24) is 24.7 Å². The highest BCUT2D eigenvalue weighted by Crippen LogP contribution is 2.36. The quantitative estimate of drug-likeness (QED) is 0.317. The molecule has 0 radical (unpaired) electrons. The zero-order valence-corrected chi connectivity index (χ0v) is 28.4. The van der Waals surface area contributed by atoms with E-state index in [0.717, 1.165) is 49.6 Å². The standard InChI is InChI=1S/C37H48N8O2/c1-25(2)45-22-30(45)20-34(46)44-19-18-43(21-28(44)13-15-38)36-31-14-17-42(33-12-6-10-27-9-5-8-26(3)35(27)33)23-32(31)39-37(40-36)47-24-29-11-7-16-41(29)4/h5-6,8-10,12,25,28-30H,7,11,13-14,16-24H2,1-4H3/t28-,29-,30-,45?/m0/s1. The van der Waals surface area contributed by atoms with Crippen molar-refractivity contribution >= 4 is 28.2 Å². The van der Waals surface area contributed by atoms with Crippen LogP contribution in [-0.4, -0.2) is 108 Å². The van der Waals surface area contributed by atoms with Gasteiger partial charge in [0.15, 0.2) is 0 Å². The molecular formula is C37H48N8O2. The lowest BCUT2D eigenvalue weighted by Gasteiger charge is -2.42. The number of aromatic nitrogens is 2. The molecule has 10 nitrogen and oxygen atoms in total. The second kappa shape index (κ2) is 13.3. The normalized spacial score (nSPS) is 24.5. The third-order valence-corrected chi connectivity index (χ3v) is 10.8. The monoisotopic (exact) mass is 636 g/mol. The molecule has 248 valence electrons. The molecule has 4 aliphatic heterocycles. The van der Waals surface area contributed by atoms with Crippen LogP contribution in [0.1, 0.15) is 56.4 Å². The Bertz CT molecular complexity index is 1660. The van der Waals surface area contributed by atoms with Crippen LogP contribution in [-0.2, 0) is 17.8 Å². The number of amides is 1. The fraction of sp³-hybridized carbons (Fsp3) is 0.568. The number of ether oxygens (including phenoxy) is 1. The summed E-state index contributed by atoms with van der Waals surface area (Å²) in [6.45, 7) is 12.5. The van der Waals surface area contributed by atoms with Gasteiger partial charge in [0, 0.05) is 73.9 Å². The molecule has 0 saturated carbocycles. The lowest BCUT2D eigenvalue weighted by molar-refractivity contribution is -0.134. The van der Waals surface area contributed by atoms with Crippen LogP contribution in [0.3, 0.4) is 0 Å². The number of likely N-dealkylation sites (tertiary alicyclic amines) is 1. The van der Waals surface area contributed by atoms with Gasteiger partial charge in [-0.1, -0.05) is 30.3 Å². The Balaban J connectivity index is 1.16. The molecule has 3 saturated heterocycles. The van der Waals surface area contributed by atoms with Crippen LogP contribution >= 0.6 is 0 Å². The molecule has 4 aliphatic rings. The van der Waals surface area contributed by atoms with Gasteiger partial charge in [0.05, 0.1) is 30.8 Å². The number of rotatable bonds is 9. The van der Waals surface area contributed by atoms with Crippen LogP contribution in [0.2, 0.25) is 0 Å². The van der Waals surface area contributed by atoms with Gasteiger partial charge in [-0.2, -0.15) is 15.2 Å². The predicted molar refractivity (Wildman–Crippen MR) is 185 cm³/mol. The van der Waals surface area contributed by atoms with Gasteiger partial charge in [0.2, 0.25) is 5.91 Å². The predicted octanol–water partition coefficient (Wildman–Crippen LogP) is 4.39. The zero-order valence-electron chi connectivity index (χ0n) is 28.4. The highest BCUT2D eigenvalue weighted by atomic mass is 16.5. The minimum atomic E-state index is -0.173. The van der Waals surface area contributed by atoms with E-state index < -0.39 is 0 Å². The van der Waals surface area contributed by atoms with Gasteiger partial charge in [-0.15, -0.1) is 0 Å². The number of fused-ring (bicyclic) bond motifs is 2. The van der Waals surface area contributed by atoms with Crippen molar-refractivity contribution in [3.63, 3.8) is 0 Å². The summed E-state index contributed by atoms with van der Waals surface area (Å²) < 4.78 is 6.37. The second-order valence-electron chi connectivity index (χ2n) is 14.2. The first kappa shape index (κ1) is 31.6. The van der Waals surface area contributed by atoms with Crippen LogP contribution in [0.15, 0.2) is 36.4 Å². The van der Waals surface area contributed by atoms with E-state index in [1.807, 2.05) is 4.90 Å². The van der Waals surface area contributed by atoms with Crippen molar-refractivity contribution < 1.29 is 9.53 Å². The molecule has 0 spiro atoms. The summed E-state index contributed by atoms with van der Waals surface area (Å²) in [5.41, 5.74) is 4.66. The number of piperazine rings is 1. The number of carbonyl (C=O) groups excluding carboxylic acids is 1. The molecule has 0 bridgehead atoms. The number of nitriles is 1. The average Bonchev–Trinajstić information content (AvgIpc) is 3.73. The van der Waals surface area contributed by atoms with E-state index in [-0.39, 0.29) is 11.9 Å². The van der Waals surface area contributed by atoms with Crippen LogP contribution in [0.4, 0.5) is 11.5 Å². The molecule has 3 aromatic rings. The third-order valence-electron chi connectivity index (χ3n) is 10.8. The fourth-order valence-corrected chi connectivity index (χ4v) is 8.04. The summed E-state index contributed by atoms with van der Waals surface area (Å²) in [5, 5.41) is 12.3. The summed E-state index contributed by atoms with van der Waals surface area (Å²) in [4.78, 5) is 35.0. The van der Waals surface area contributed by atoms with E-state index in [1.165, 1.54) is 28.4 Å². The van der Waals surface area contributed by atoms with Gasteiger partial charge in [0.25, 0.3) is 0 Å². The Kier molecular flexibility index (Phi) is 8.95. The van der Waals surface area contributed by atoms with E-state index in [0.29, 0.717) is 69.8 Å². The molecule has 2 aromatic carbocycles. The summed E-state index contributed by atoms with van der Waals surface area (Å²) in [6.07, 6.45) is 3.94. The highest BCUT2D eigenvalue weighted by molar-refractivity contribution is 5.97.